The number of rotatable bonds is 3. The molecule has 6 heteroatoms. The van der Waals surface area contributed by atoms with Gasteiger partial charge in [-0.3, -0.25) is 0 Å². The van der Waals surface area contributed by atoms with Crippen molar-refractivity contribution in [3.05, 3.63) is 54.1 Å². The Hall–Kier alpha value is -2.57. The number of benzene rings is 2. The van der Waals surface area contributed by atoms with Gasteiger partial charge in [0.25, 0.3) is 0 Å². The Balaban J connectivity index is 1.66. The molecule has 1 N–H and O–H groups in total. The predicted octanol–water partition coefficient (Wildman–Crippen LogP) is 2.97. The average Bonchev–Trinajstić information content (AvgIpc) is 3.17. The van der Waals surface area contributed by atoms with Crippen molar-refractivity contribution in [2.24, 2.45) is 0 Å². The van der Waals surface area contributed by atoms with Gasteiger partial charge in [0.05, 0.1) is 13.2 Å². The molecule has 0 bridgehead atoms. The van der Waals surface area contributed by atoms with Crippen molar-refractivity contribution >= 4 is 0 Å². The van der Waals surface area contributed by atoms with Crippen LogP contribution in [0, 0.1) is 0 Å². The zero-order valence-corrected chi connectivity index (χ0v) is 12.5. The quantitative estimate of drug-likeness (QED) is 0.805. The van der Waals surface area contributed by atoms with Gasteiger partial charge in [-0.05, 0) is 22.8 Å². The minimum Gasteiger partial charge on any atom is -0.348 e. The Morgan fingerprint density at radius 1 is 0.913 bits per heavy atom. The number of H-pyrrole nitrogens is 1. The fourth-order valence-electron chi connectivity index (χ4n) is 2.71. The smallest absolute Gasteiger partial charge is 0.205 e. The number of nitrogens with one attached hydrogen (secondary N) is 1. The minimum atomic E-state index is -0.259. The van der Waals surface area contributed by atoms with E-state index >= 15 is 0 Å². The number of hydrogen-bond donors (Lipinski definition) is 1. The Kier molecular flexibility index (Phi) is 3.83. The van der Waals surface area contributed by atoms with E-state index in [9.17, 15) is 0 Å². The van der Waals surface area contributed by atoms with Crippen LogP contribution in [-0.2, 0) is 9.47 Å². The Labute approximate surface area is 133 Å². The molecular weight excluding hydrogens is 292 g/mol. The molecule has 0 unspecified atom stereocenters. The summed E-state index contributed by atoms with van der Waals surface area (Å²) in [5, 5.41) is 14.3. The summed E-state index contributed by atoms with van der Waals surface area (Å²) < 4.78 is 11.3. The summed E-state index contributed by atoms with van der Waals surface area (Å²) >= 11 is 0. The zero-order chi connectivity index (χ0) is 15.5. The third-order valence-electron chi connectivity index (χ3n) is 3.83. The molecule has 1 fully saturated rings. The second-order valence-corrected chi connectivity index (χ2v) is 5.33. The highest BCUT2D eigenvalue weighted by Gasteiger charge is 2.17. The number of aromatic nitrogens is 4. The lowest BCUT2D eigenvalue weighted by molar-refractivity contribution is -0.183. The third-order valence-corrected chi connectivity index (χ3v) is 3.83. The van der Waals surface area contributed by atoms with Crippen molar-refractivity contribution < 1.29 is 9.47 Å². The molecule has 0 spiro atoms. The van der Waals surface area contributed by atoms with Crippen LogP contribution in [0.15, 0.2) is 48.5 Å². The molecule has 116 valence electrons. The van der Waals surface area contributed by atoms with Crippen LogP contribution in [0.25, 0.3) is 22.5 Å². The van der Waals surface area contributed by atoms with Gasteiger partial charge >= 0.3 is 0 Å². The number of hydrogen-bond acceptors (Lipinski definition) is 5. The fraction of sp³-hybridized carbons (Fsp3) is 0.235. The van der Waals surface area contributed by atoms with E-state index < -0.39 is 0 Å². The number of aromatic amines is 1. The van der Waals surface area contributed by atoms with Crippen LogP contribution < -0.4 is 0 Å². The molecule has 0 amide bonds. The van der Waals surface area contributed by atoms with Crippen LogP contribution in [0.2, 0.25) is 0 Å². The molecular formula is C17H16N4O2. The molecule has 3 aromatic rings. The van der Waals surface area contributed by atoms with Crippen molar-refractivity contribution in [2.45, 2.75) is 12.7 Å². The van der Waals surface area contributed by atoms with Crippen molar-refractivity contribution in [1.29, 1.82) is 0 Å². The topological polar surface area (TPSA) is 72.9 Å². The standard InChI is InChI=1S/C17H16N4O2/c1-2-5-15(16-18-20-21-19-16)14(4-1)12-6-8-13(9-7-12)17-22-10-3-11-23-17/h1-2,4-9,17H,3,10-11H2,(H,18,19,20,21). The lowest BCUT2D eigenvalue weighted by Gasteiger charge is -2.23. The van der Waals surface area contributed by atoms with Gasteiger partial charge in [0.2, 0.25) is 5.82 Å². The van der Waals surface area contributed by atoms with Crippen molar-refractivity contribution in [3.63, 3.8) is 0 Å². The van der Waals surface area contributed by atoms with Gasteiger partial charge in [0, 0.05) is 11.1 Å². The predicted molar refractivity (Wildman–Crippen MR) is 84.3 cm³/mol. The largest absolute Gasteiger partial charge is 0.348 e. The maximum atomic E-state index is 5.64. The molecule has 6 nitrogen and oxygen atoms in total. The van der Waals surface area contributed by atoms with Crippen LogP contribution in [0.1, 0.15) is 18.3 Å². The Bertz CT molecular complexity index is 766. The first-order chi connectivity index (χ1) is 11.4. The van der Waals surface area contributed by atoms with Crippen molar-refractivity contribution in [3.8, 4) is 22.5 Å². The molecule has 0 aliphatic carbocycles. The van der Waals surface area contributed by atoms with Crippen LogP contribution in [0.3, 0.4) is 0 Å². The lowest BCUT2D eigenvalue weighted by atomic mass is 9.98. The molecule has 0 radical (unpaired) electrons. The first-order valence-electron chi connectivity index (χ1n) is 7.58. The maximum absolute atomic E-state index is 5.64. The monoisotopic (exact) mass is 308 g/mol. The third kappa shape index (κ3) is 2.86. The summed E-state index contributed by atoms with van der Waals surface area (Å²) in [4.78, 5) is 0. The van der Waals surface area contributed by atoms with E-state index in [4.69, 9.17) is 9.47 Å². The van der Waals surface area contributed by atoms with Gasteiger partial charge in [-0.2, -0.15) is 5.21 Å². The van der Waals surface area contributed by atoms with E-state index in [1.807, 2.05) is 36.4 Å². The average molecular weight is 308 g/mol. The summed E-state index contributed by atoms with van der Waals surface area (Å²) in [7, 11) is 0. The van der Waals surface area contributed by atoms with Crippen molar-refractivity contribution in [2.75, 3.05) is 13.2 Å². The molecule has 0 saturated carbocycles. The summed E-state index contributed by atoms with van der Waals surface area (Å²) in [6, 6.07) is 16.2. The molecule has 2 aromatic carbocycles. The Morgan fingerprint density at radius 3 is 2.35 bits per heavy atom. The first kappa shape index (κ1) is 14.0. The molecule has 1 aliphatic rings. The van der Waals surface area contributed by atoms with E-state index in [1.54, 1.807) is 0 Å². The van der Waals surface area contributed by atoms with E-state index in [0.29, 0.717) is 5.82 Å². The summed E-state index contributed by atoms with van der Waals surface area (Å²) in [5.41, 5.74) is 4.13. The van der Waals surface area contributed by atoms with Crippen molar-refractivity contribution in [1.82, 2.24) is 20.6 Å². The van der Waals surface area contributed by atoms with Crippen LogP contribution in [0.4, 0.5) is 0 Å². The summed E-state index contributed by atoms with van der Waals surface area (Å²) in [6.45, 7) is 1.49. The van der Waals surface area contributed by atoms with Gasteiger partial charge in [-0.15, -0.1) is 10.2 Å². The molecule has 0 atom stereocenters. The zero-order valence-electron chi connectivity index (χ0n) is 12.5. The fourth-order valence-corrected chi connectivity index (χ4v) is 2.71. The number of ether oxygens (including phenoxy) is 2. The second-order valence-electron chi connectivity index (χ2n) is 5.33. The maximum Gasteiger partial charge on any atom is 0.205 e. The molecule has 4 rings (SSSR count). The highest BCUT2D eigenvalue weighted by molar-refractivity contribution is 5.80. The molecule has 2 heterocycles. The SMILES string of the molecule is c1ccc(-c2nn[nH]n2)c(-c2ccc(C3OCCCO3)cc2)c1. The van der Waals surface area contributed by atoms with E-state index in [2.05, 4.69) is 32.8 Å². The van der Waals surface area contributed by atoms with E-state index in [1.165, 1.54) is 0 Å². The first-order valence-corrected chi connectivity index (χ1v) is 7.58. The molecule has 1 saturated heterocycles. The highest BCUT2D eigenvalue weighted by atomic mass is 16.7. The van der Waals surface area contributed by atoms with Gasteiger partial charge < -0.3 is 9.47 Å². The van der Waals surface area contributed by atoms with Crippen LogP contribution in [0.5, 0.6) is 0 Å². The normalized spacial score (nSPS) is 15.7. The molecule has 1 aromatic heterocycles. The summed E-state index contributed by atoms with van der Waals surface area (Å²) in [6.07, 6.45) is 0.692. The number of nitrogens with zero attached hydrogens (tertiary/aromatic N) is 3. The highest BCUT2D eigenvalue weighted by Crippen LogP contribution is 2.31. The van der Waals surface area contributed by atoms with Gasteiger partial charge in [-0.25, -0.2) is 0 Å². The van der Waals surface area contributed by atoms with Gasteiger partial charge in [0.15, 0.2) is 6.29 Å². The lowest BCUT2D eigenvalue weighted by Crippen LogP contribution is -2.17. The Morgan fingerprint density at radius 2 is 1.65 bits per heavy atom. The van der Waals surface area contributed by atoms with Crippen LogP contribution in [-0.4, -0.2) is 33.8 Å². The van der Waals surface area contributed by atoms with E-state index in [0.717, 1.165) is 41.9 Å². The molecule has 1 aliphatic heterocycles. The van der Waals surface area contributed by atoms with Crippen LogP contribution >= 0.6 is 0 Å². The number of tetrazole rings is 1. The van der Waals surface area contributed by atoms with E-state index in [-0.39, 0.29) is 6.29 Å². The minimum absolute atomic E-state index is 0.259. The van der Waals surface area contributed by atoms with Gasteiger partial charge in [0.1, 0.15) is 0 Å². The van der Waals surface area contributed by atoms with Gasteiger partial charge in [-0.1, -0.05) is 48.5 Å². The summed E-state index contributed by atoms with van der Waals surface area (Å²) in [5.74, 6) is 0.587. The molecule has 23 heavy (non-hydrogen) atoms. The second kappa shape index (κ2) is 6.28.